The molecule has 1 aliphatic rings. The third-order valence-electron chi connectivity index (χ3n) is 5.68. The lowest BCUT2D eigenvalue weighted by molar-refractivity contribution is 0.0934. The number of nitrogens with one attached hydrogen (secondary N) is 1. The lowest BCUT2D eigenvalue weighted by Crippen LogP contribution is -2.36. The fourth-order valence-electron chi connectivity index (χ4n) is 4.12. The first-order valence-corrected chi connectivity index (χ1v) is 10.3. The van der Waals surface area contributed by atoms with E-state index >= 15 is 0 Å². The summed E-state index contributed by atoms with van der Waals surface area (Å²) in [5.74, 6) is 1.44. The molecule has 1 saturated heterocycles. The molecule has 3 heterocycles. The van der Waals surface area contributed by atoms with Crippen molar-refractivity contribution in [3.63, 3.8) is 0 Å². The van der Waals surface area contributed by atoms with E-state index in [0.717, 1.165) is 35.3 Å². The molecule has 0 spiro atoms. The quantitative estimate of drug-likeness (QED) is 0.509. The minimum Gasteiger partial charge on any atom is -0.468 e. The number of benzene rings is 2. The van der Waals surface area contributed by atoms with Crippen molar-refractivity contribution in [3.05, 3.63) is 78.3 Å². The molecule has 6 nitrogen and oxygen atoms in total. The zero-order valence-corrected chi connectivity index (χ0v) is 16.6. The summed E-state index contributed by atoms with van der Waals surface area (Å²) in [6.45, 7) is 2.54. The van der Waals surface area contributed by atoms with Crippen LogP contribution in [0.15, 0.2) is 75.9 Å². The minimum absolute atomic E-state index is 0.0469. The molecule has 2 aromatic heterocycles. The van der Waals surface area contributed by atoms with Crippen molar-refractivity contribution in [2.24, 2.45) is 0 Å². The van der Waals surface area contributed by atoms with Gasteiger partial charge in [-0.1, -0.05) is 35.5 Å². The van der Waals surface area contributed by atoms with Gasteiger partial charge in [0, 0.05) is 17.7 Å². The molecule has 1 fully saturated rings. The van der Waals surface area contributed by atoms with Gasteiger partial charge >= 0.3 is 0 Å². The number of nitrogens with zero attached hydrogens (tertiary/aromatic N) is 2. The molecule has 0 aliphatic carbocycles. The van der Waals surface area contributed by atoms with Gasteiger partial charge < -0.3 is 14.3 Å². The van der Waals surface area contributed by atoms with Crippen LogP contribution in [0.25, 0.3) is 22.2 Å². The van der Waals surface area contributed by atoms with Gasteiger partial charge in [-0.2, -0.15) is 0 Å². The zero-order valence-electron chi connectivity index (χ0n) is 16.6. The Morgan fingerprint density at radius 2 is 1.90 bits per heavy atom. The van der Waals surface area contributed by atoms with Gasteiger partial charge in [-0.05, 0) is 56.3 Å². The normalized spacial score (nSPS) is 15.5. The molecule has 30 heavy (non-hydrogen) atoms. The van der Waals surface area contributed by atoms with Crippen LogP contribution in [-0.4, -0.2) is 35.6 Å². The maximum Gasteiger partial charge on any atom is 0.251 e. The summed E-state index contributed by atoms with van der Waals surface area (Å²) in [7, 11) is 0. The lowest BCUT2D eigenvalue weighted by Gasteiger charge is -2.26. The molecule has 0 radical (unpaired) electrons. The summed E-state index contributed by atoms with van der Waals surface area (Å²) >= 11 is 0. The van der Waals surface area contributed by atoms with Crippen LogP contribution in [0.1, 0.15) is 35.0 Å². The van der Waals surface area contributed by atoms with Crippen LogP contribution in [0, 0.1) is 0 Å². The van der Waals surface area contributed by atoms with E-state index in [-0.39, 0.29) is 11.9 Å². The van der Waals surface area contributed by atoms with Crippen LogP contribution in [0.3, 0.4) is 0 Å². The molecular formula is C24H23N3O3. The highest BCUT2D eigenvalue weighted by Crippen LogP contribution is 2.29. The van der Waals surface area contributed by atoms with Gasteiger partial charge in [-0.3, -0.25) is 9.69 Å². The van der Waals surface area contributed by atoms with E-state index in [1.165, 1.54) is 12.8 Å². The van der Waals surface area contributed by atoms with E-state index in [1.54, 1.807) is 12.3 Å². The van der Waals surface area contributed by atoms with E-state index in [4.69, 9.17) is 8.94 Å². The maximum atomic E-state index is 12.9. The van der Waals surface area contributed by atoms with Crippen molar-refractivity contribution < 1.29 is 13.7 Å². The molecule has 1 N–H and O–H groups in total. The Balaban J connectivity index is 1.36. The topological polar surface area (TPSA) is 71.5 Å². The first kappa shape index (κ1) is 18.6. The van der Waals surface area contributed by atoms with Crippen molar-refractivity contribution in [2.45, 2.75) is 18.9 Å². The second-order valence-corrected chi connectivity index (χ2v) is 7.59. The second-order valence-electron chi connectivity index (χ2n) is 7.59. The summed E-state index contributed by atoms with van der Waals surface area (Å²) in [5.41, 5.74) is 2.25. The van der Waals surface area contributed by atoms with Crippen LogP contribution in [-0.2, 0) is 0 Å². The summed E-state index contributed by atoms with van der Waals surface area (Å²) < 4.78 is 11.2. The molecule has 0 saturated carbocycles. The van der Waals surface area contributed by atoms with Crippen LogP contribution >= 0.6 is 0 Å². The molecule has 0 bridgehead atoms. The van der Waals surface area contributed by atoms with Gasteiger partial charge in [-0.25, -0.2) is 0 Å². The van der Waals surface area contributed by atoms with E-state index in [0.29, 0.717) is 17.9 Å². The van der Waals surface area contributed by atoms with Gasteiger partial charge in [-0.15, -0.1) is 0 Å². The number of likely N-dealkylation sites (tertiary alicyclic amines) is 1. The molecule has 5 rings (SSSR count). The van der Waals surface area contributed by atoms with E-state index in [9.17, 15) is 4.79 Å². The third-order valence-corrected chi connectivity index (χ3v) is 5.68. The fraction of sp³-hybridized carbons (Fsp3) is 0.250. The summed E-state index contributed by atoms with van der Waals surface area (Å²) in [5, 5.41) is 8.05. The monoisotopic (exact) mass is 401 g/mol. The van der Waals surface area contributed by atoms with Crippen LogP contribution < -0.4 is 5.32 Å². The van der Waals surface area contributed by atoms with E-state index < -0.39 is 0 Å². The number of rotatable bonds is 6. The minimum atomic E-state index is -0.118. The second kappa shape index (κ2) is 8.16. The molecule has 1 amide bonds. The highest BCUT2D eigenvalue weighted by atomic mass is 16.5. The van der Waals surface area contributed by atoms with Gasteiger partial charge in [0.1, 0.15) is 11.3 Å². The van der Waals surface area contributed by atoms with Crippen molar-refractivity contribution in [1.29, 1.82) is 0 Å². The van der Waals surface area contributed by atoms with Gasteiger partial charge in [0.2, 0.25) is 0 Å². The summed E-state index contributed by atoms with van der Waals surface area (Å²) in [4.78, 5) is 15.3. The van der Waals surface area contributed by atoms with Crippen molar-refractivity contribution in [3.8, 4) is 11.3 Å². The fourth-order valence-corrected chi connectivity index (χ4v) is 4.12. The Kier molecular flexibility index (Phi) is 5.07. The number of hydrogen-bond donors (Lipinski definition) is 1. The SMILES string of the molecule is O=C(NC[C@@H](c1ccco1)N1CCCC1)c1ccc2noc(-c3ccccc3)c2c1. The first-order chi connectivity index (χ1) is 14.8. The Labute approximate surface area is 174 Å². The molecule has 6 heteroatoms. The molecule has 0 unspecified atom stereocenters. The number of fused-ring (bicyclic) bond motifs is 1. The third kappa shape index (κ3) is 3.62. The Morgan fingerprint density at radius 3 is 2.67 bits per heavy atom. The molecule has 152 valence electrons. The number of carbonyl (C=O) groups excluding carboxylic acids is 1. The summed E-state index contributed by atoms with van der Waals surface area (Å²) in [6.07, 6.45) is 4.04. The van der Waals surface area contributed by atoms with E-state index in [1.807, 2.05) is 54.6 Å². The van der Waals surface area contributed by atoms with Crippen molar-refractivity contribution in [2.75, 3.05) is 19.6 Å². The van der Waals surface area contributed by atoms with Crippen molar-refractivity contribution >= 4 is 16.8 Å². The van der Waals surface area contributed by atoms with Gasteiger partial charge in [0.25, 0.3) is 5.91 Å². The number of hydrogen-bond acceptors (Lipinski definition) is 5. The van der Waals surface area contributed by atoms with E-state index in [2.05, 4.69) is 15.4 Å². The van der Waals surface area contributed by atoms with Crippen LogP contribution in [0.4, 0.5) is 0 Å². The van der Waals surface area contributed by atoms with Crippen molar-refractivity contribution in [1.82, 2.24) is 15.4 Å². The summed E-state index contributed by atoms with van der Waals surface area (Å²) in [6, 6.07) is 19.2. The Hall–Kier alpha value is -3.38. The molecular weight excluding hydrogens is 378 g/mol. The average molecular weight is 401 g/mol. The Morgan fingerprint density at radius 1 is 1.07 bits per heavy atom. The highest BCUT2D eigenvalue weighted by Gasteiger charge is 2.26. The lowest BCUT2D eigenvalue weighted by atomic mass is 10.1. The van der Waals surface area contributed by atoms with Gasteiger partial charge in [0.15, 0.2) is 5.76 Å². The number of furan rings is 1. The molecule has 1 atom stereocenters. The van der Waals surface area contributed by atoms with Crippen LogP contribution in [0.5, 0.6) is 0 Å². The molecule has 1 aliphatic heterocycles. The predicted octanol–water partition coefficient (Wildman–Crippen LogP) is 4.65. The standard InChI is InChI=1S/C24H23N3O3/c28-24(25-16-21(22-9-6-14-29-22)27-12-4-5-13-27)18-10-11-20-19(15-18)23(30-26-20)17-7-2-1-3-8-17/h1-3,6-11,14-15,21H,4-5,12-13,16H2,(H,25,28)/t21-/m0/s1. The predicted molar refractivity (Wildman–Crippen MR) is 114 cm³/mol. The zero-order chi connectivity index (χ0) is 20.3. The number of amides is 1. The maximum absolute atomic E-state index is 12.9. The van der Waals surface area contributed by atoms with Crippen LogP contribution in [0.2, 0.25) is 0 Å². The molecule has 4 aromatic rings. The smallest absolute Gasteiger partial charge is 0.251 e. The first-order valence-electron chi connectivity index (χ1n) is 10.3. The number of carbonyl (C=O) groups is 1. The largest absolute Gasteiger partial charge is 0.468 e. The molecule has 2 aromatic carbocycles. The highest BCUT2D eigenvalue weighted by molar-refractivity contribution is 6.01. The average Bonchev–Trinajstić information content (AvgIpc) is 3.56. The Bertz CT molecular complexity index is 1130. The number of aromatic nitrogens is 1. The van der Waals surface area contributed by atoms with Gasteiger partial charge in [0.05, 0.1) is 17.7 Å².